The van der Waals surface area contributed by atoms with Crippen molar-refractivity contribution in [3.05, 3.63) is 47.7 Å². The first-order valence-electron chi connectivity index (χ1n) is 6.22. The molecule has 0 bridgehead atoms. The molecule has 0 fully saturated rings. The third-order valence-corrected chi connectivity index (χ3v) is 3.10. The maximum Gasteiger partial charge on any atom is 0.126 e. The Labute approximate surface area is 115 Å². The lowest BCUT2D eigenvalue weighted by atomic mass is 10.1. The number of nitrogen functional groups attached to an aromatic ring is 1. The largest absolute Gasteiger partial charge is 0.397 e. The summed E-state index contributed by atoms with van der Waals surface area (Å²) in [6, 6.07) is 7.87. The van der Waals surface area contributed by atoms with Gasteiger partial charge in [-0.05, 0) is 44.2 Å². The van der Waals surface area contributed by atoms with E-state index in [1.807, 2.05) is 13.8 Å². The summed E-state index contributed by atoms with van der Waals surface area (Å²) in [6.07, 6.45) is 0. The Balaban J connectivity index is 2.26. The number of anilines is 1. The number of aromatic nitrogens is 3. The SMILES string of the molecule is Cc1nc(C)c2nc(-c3ccc(F)cc3)c(N)cc2n1. The Morgan fingerprint density at radius 2 is 1.70 bits per heavy atom. The number of halogens is 1. The molecule has 4 nitrogen and oxygen atoms in total. The summed E-state index contributed by atoms with van der Waals surface area (Å²) in [4.78, 5) is 13.2. The Morgan fingerprint density at radius 3 is 2.40 bits per heavy atom. The number of benzene rings is 1. The van der Waals surface area contributed by atoms with Crippen LogP contribution in [0.4, 0.5) is 10.1 Å². The highest BCUT2D eigenvalue weighted by molar-refractivity contribution is 5.86. The topological polar surface area (TPSA) is 64.7 Å². The molecular weight excluding hydrogens is 255 g/mol. The lowest BCUT2D eigenvalue weighted by Gasteiger charge is -2.09. The zero-order valence-corrected chi connectivity index (χ0v) is 11.2. The number of nitrogens with zero attached hydrogens (tertiary/aromatic N) is 3. The molecule has 100 valence electrons. The minimum atomic E-state index is -0.289. The molecule has 0 aliphatic rings. The Bertz CT molecular complexity index is 797. The molecule has 0 aliphatic carbocycles. The van der Waals surface area contributed by atoms with E-state index in [-0.39, 0.29) is 5.82 Å². The standard InChI is InChI=1S/C15H13FN4/c1-8-14-13(19-9(2)18-8)7-12(17)15(20-14)10-3-5-11(16)6-4-10/h3-7H,17H2,1-2H3. The zero-order valence-electron chi connectivity index (χ0n) is 11.2. The quantitative estimate of drug-likeness (QED) is 0.736. The molecule has 0 saturated heterocycles. The predicted octanol–water partition coefficient (Wildman–Crippen LogP) is 3.03. The molecule has 2 heterocycles. The lowest BCUT2D eigenvalue weighted by molar-refractivity contribution is 0.628. The van der Waals surface area contributed by atoms with Gasteiger partial charge >= 0.3 is 0 Å². The number of hydrogen-bond donors (Lipinski definition) is 1. The second kappa shape index (κ2) is 4.52. The van der Waals surface area contributed by atoms with Crippen LogP contribution in [0.3, 0.4) is 0 Å². The molecule has 0 unspecified atom stereocenters. The first kappa shape index (κ1) is 12.5. The fourth-order valence-electron chi connectivity index (χ4n) is 2.20. The molecule has 0 radical (unpaired) electrons. The van der Waals surface area contributed by atoms with Gasteiger partial charge < -0.3 is 5.73 Å². The van der Waals surface area contributed by atoms with Crippen molar-refractivity contribution in [2.24, 2.45) is 0 Å². The molecule has 5 heteroatoms. The average molecular weight is 268 g/mol. The Morgan fingerprint density at radius 1 is 1.00 bits per heavy atom. The summed E-state index contributed by atoms with van der Waals surface area (Å²) in [5.41, 5.74) is 10.2. The van der Waals surface area contributed by atoms with Gasteiger partial charge in [-0.15, -0.1) is 0 Å². The monoisotopic (exact) mass is 268 g/mol. The summed E-state index contributed by atoms with van der Waals surface area (Å²) < 4.78 is 13.0. The van der Waals surface area contributed by atoms with Crippen molar-refractivity contribution in [1.82, 2.24) is 15.0 Å². The Kier molecular flexibility index (Phi) is 2.82. The first-order valence-corrected chi connectivity index (χ1v) is 6.22. The maximum atomic E-state index is 13.0. The molecule has 0 aliphatic heterocycles. The van der Waals surface area contributed by atoms with Gasteiger partial charge in [0.15, 0.2) is 0 Å². The smallest absolute Gasteiger partial charge is 0.126 e. The summed E-state index contributed by atoms with van der Waals surface area (Å²) in [5.74, 6) is 0.397. The third kappa shape index (κ3) is 2.07. The number of hydrogen-bond acceptors (Lipinski definition) is 4. The van der Waals surface area contributed by atoms with Gasteiger partial charge in [-0.1, -0.05) is 0 Å². The fraction of sp³-hybridized carbons (Fsp3) is 0.133. The van der Waals surface area contributed by atoms with Gasteiger partial charge in [-0.2, -0.15) is 0 Å². The average Bonchev–Trinajstić information content (AvgIpc) is 2.39. The van der Waals surface area contributed by atoms with E-state index in [0.29, 0.717) is 22.7 Å². The molecule has 2 aromatic heterocycles. The van der Waals surface area contributed by atoms with Crippen molar-refractivity contribution in [2.75, 3.05) is 5.73 Å². The van der Waals surface area contributed by atoms with Crippen molar-refractivity contribution in [1.29, 1.82) is 0 Å². The molecule has 0 saturated carbocycles. The maximum absolute atomic E-state index is 13.0. The van der Waals surface area contributed by atoms with E-state index in [1.54, 1.807) is 18.2 Å². The molecule has 0 atom stereocenters. The molecule has 2 N–H and O–H groups in total. The minimum Gasteiger partial charge on any atom is -0.397 e. The van der Waals surface area contributed by atoms with E-state index < -0.39 is 0 Å². The lowest BCUT2D eigenvalue weighted by Crippen LogP contribution is -2.00. The van der Waals surface area contributed by atoms with Crippen molar-refractivity contribution in [3.8, 4) is 11.3 Å². The van der Waals surface area contributed by atoms with E-state index in [0.717, 1.165) is 16.8 Å². The van der Waals surface area contributed by atoms with Crippen LogP contribution in [0.25, 0.3) is 22.3 Å². The van der Waals surface area contributed by atoms with Crippen molar-refractivity contribution in [3.63, 3.8) is 0 Å². The van der Waals surface area contributed by atoms with Crippen LogP contribution in [0.1, 0.15) is 11.5 Å². The minimum absolute atomic E-state index is 0.289. The van der Waals surface area contributed by atoms with Crippen LogP contribution in [0, 0.1) is 19.7 Å². The second-order valence-corrected chi connectivity index (χ2v) is 4.66. The third-order valence-electron chi connectivity index (χ3n) is 3.10. The van der Waals surface area contributed by atoms with Crippen molar-refractivity contribution >= 4 is 16.7 Å². The van der Waals surface area contributed by atoms with Crippen LogP contribution >= 0.6 is 0 Å². The van der Waals surface area contributed by atoms with Crippen LogP contribution in [-0.4, -0.2) is 15.0 Å². The van der Waals surface area contributed by atoms with Gasteiger partial charge in [-0.3, -0.25) is 0 Å². The Hall–Kier alpha value is -2.56. The van der Waals surface area contributed by atoms with Crippen LogP contribution in [0.15, 0.2) is 30.3 Å². The van der Waals surface area contributed by atoms with Gasteiger partial charge in [0.2, 0.25) is 0 Å². The highest BCUT2D eigenvalue weighted by Gasteiger charge is 2.10. The predicted molar refractivity (Wildman–Crippen MR) is 76.6 cm³/mol. The summed E-state index contributed by atoms with van der Waals surface area (Å²) in [6.45, 7) is 3.71. The molecule has 0 amide bonds. The van der Waals surface area contributed by atoms with Gasteiger partial charge in [0, 0.05) is 5.56 Å². The van der Waals surface area contributed by atoms with E-state index in [9.17, 15) is 4.39 Å². The van der Waals surface area contributed by atoms with Gasteiger partial charge in [0.05, 0.1) is 22.6 Å². The highest BCUT2D eigenvalue weighted by Crippen LogP contribution is 2.27. The molecule has 1 aromatic carbocycles. The fourth-order valence-corrected chi connectivity index (χ4v) is 2.20. The highest BCUT2D eigenvalue weighted by atomic mass is 19.1. The normalized spacial score (nSPS) is 10.9. The molecule has 3 aromatic rings. The number of fused-ring (bicyclic) bond motifs is 1. The van der Waals surface area contributed by atoms with Crippen LogP contribution in [0.2, 0.25) is 0 Å². The van der Waals surface area contributed by atoms with E-state index >= 15 is 0 Å². The van der Waals surface area contributed by atoms with Gasteiger partial charge in [-0.25, -0.2) is 19.3 Å². The van der Waals surface area contributed by atoms with Crippen molar-refractivity contribution in [2.45, 2.75) is 13.8 Å². The molecular formula is C15H13FN4. The van der Waals surface area contributed by atoms with Gasteiger partial charge in [0.1, 0.15) is 17.2 Å². The zero-order chi connectivity index (χ0) is 14.3. The van der Waals surface area contributed by atoms with Crippen LogP contribution in [0.5, 0.6) is 0 Å². The first-order chi connectivity index (χ1) is 9.54. The van der Waals surface area contributed by atoms with Crippen molar-refractivity contribution < 1.29 is 4.39 Å². The summed E-state index contributed by atoms with van der Waals surface area (Å²) in [7, 11) is 0. The van der Waals surface area contributed by atoms with E-state index in [4.69, 9.17) is 5.73 Å². The number of aryl methyl sites for hydroxylation is 2. The molecule has 3 rings (SSSR count). The van der Waals surface area contributed by atoms with Gasteiger partial charge in [0.25, 0.3) is 0 Å². The van der Waals surface area contributed by atoms with Crippen LogP contribution < -0.4 is 5.73 Å². The molecule has 0 spiro atoms. The summed E-state index contributed by atoms with van der Waals surface area (Å²) >= 11 is 0. The second-order valence-electron chi connectivity index (χ2n) is 4.66. The number of nitrogens with two attached hydrogens (primary N) is 1. The number of pyridine rings is 1. The number of rotatable bonds is 1. The molecule has 20 heavy (non-hydrogen) atoms. The van der Waals surface area contributed by atoms with Crippen LogP contribution in [-0.2, 0) is 0 Å². The van der Waals surface area contributed by atoms with E-state index in [1.165, 1.54) is 12.1 Å². The summed E-state index contributed by atoms with van der Waals surface area (Å²) in [5, 5.41) is 0. The van der Waals surface area contributed by atoms with E-state index in [2.05, 4.69) is 15.0 Å².